The molecule has 1 aromatic heterocycles. The minimum absolute atomic E-state index is 0.279. The summed E-state index contributed by atoms with van der Waals surface area (Å²) in [7, 11) is -2.11. The van der Waals surface area contributed by atoms with Gasteiger partial charge in [0.2, 0.25) is 0 Å². The Hall–Kier alpha value is -2.47. The Bertz CT molecular complexity index is 1070. The van der Waals surface area contributed by atoms with E-state index in [4.69, 9.17) is 4.74 Å². The van der Waals surface area contributed by atoms with E-state index in [0.29, 0.717) is 11.4 Å². The zero-order chi connectivity index (χ0) is 18.9. The monoisotopic (exact) mass is 384 g/mol. The maximum Gasteiger partial charge on any atom is 0.261 e. The first kappa shape index (κ1) is 17.9. The second kappa shape index (κ2) is 7.27. The Kier molecular flexibility index (Phi) is 4.83. The molecule has 0 amide bonds. The van der Waals surface area contributed by atoms with Gasteiger partial charge in [-0.25, -0.2) is 8.42 Å². The predicted molar refractivity (Wildman–Crippen MR) is 108 cm³/mol. The van der Waals surface area contributed by atoms with Crippen molar-refractivity contribution in [2.75, 3.05) is 11.8 Å². The Balaban J connectivity index is 1.70. The standard InChI is InChI=1S/C21H24N2O3S/c1-26-16-8-6-7-15(13-16)23-27(24,25)17-11-12-21-19(14-17)18-9-4-2-3-5-10-20(18)22-21/h6-8,11-14,22-23H,2-5,9-10H2,1H3. The molecule has 4 rings (SSSR count). The summed E-state index contributed by atoms with van der Waals surface area (Å²) in [5.74, 6) is 0.609. The molecular weight excluding hydrogens is 360 g/mol. The van der Waals surface area contributed by atoms with Crippen LogP contribution in [0.25, 0.3) is 10.9 Å². The Morgan fingerprint density at radius 1 is 1.00 bits per heavy atom. The molecule has 0 bridgehead atoms. The number of sulfonamides is 1. The van der Waals surface area contributed by atoms with Gasteiger partial charge >= 0.3 is 0 Å². The first-order chi connectivity index (χ1) is 13.1. The summed E-state index contributed by atoms with van der Waals surface area (Å²) in [6, 6.07) is 12.3. The lowest BCUT2D eigenvalue weighted by Crippen LogP contribution is -2.12. The number of H-pyrrole nitrogens is 1. The number of ether oxygens (including phenoxy) is 1. The third-order valence-electron chi connectivity index (χ3n) is 5.20. The molecule has 142 valence electrons. The summed E-state index contributed by atoms with van der Waals surface area (Å²) in [5, 5.41) is 1.03. The van der Waals surface area contributed by atoms with Gasteiger partial charge in [0.05, 0.1) is 17.7 Å². The molecule has 2 N–H and O–H groups in total. The summed E-state index contributed by atoms with van der Waals surface area (Å²) in [4.78, 5) is 3.77. The van der Waals surface area contributed by atoms with E-state index in [-0.39, 0.29) is 4.90 Å². The van der Waals surface area contributed by atoms with Gasteiger partial charge in [-0.15, -0.1) is 0 Å². The molecule has 0 aliphatic heterocycles. The Labute approximate surface area is 159 Å². The van der Waals surface area contributed by atoms with E-state index in [1.165, 1.54) is 30.5 Å². The highest BCUT2D eigenvalue weighted by molar-refractivity contribution is 7.92. The zero-order valence-electron chi connectivity index (χ0n) is 15.4. The summed E-state index contributed by atoms with van der Waals surface area (Å²) in [5.41, 5.74) is 4.05. The van der Waals surface area contributed by atoms with Crippen LogP contribution in [0.2, 0.25) is 0 Å². The van der Waals surface area contributed by atoms with Gasteiger partial charge in [-0.05, 0) is 61.6 Å². The highest BCUT2D eigenvalue weighted by atomic mass is 32.2. The average Bonchev–Trinajstić information content (AvgIpc) is 2.97. The molecule has 6 heteroatoms. The second-order valence-corrected chi connectivity index (χ2v) is 8.72. The van der Waals surface area contributed by atoms with Gasteiger partial charge < -0.3 is 9.72 Å². The normalized spacial score (nSPS) is 15.0. The van der Waals surface area contributed by atoms with E-state index < -0.39 is 10.0 Å². The van der Waals surface area contributed by atoms with Crippen LogP contribution in [-0.2, 0) is 22.9 Å². The van der Waals surface area contributed by atoms with E-state index in [1.807, 2.05) is 6.07 Å². The van der Waals surface area contributed by atoms with Gasteiger partial charge in [0.25, 0.3) is 10.0 Å². The number of benzene rings is 2. The number of fused-ring (bicyclic) bond motifs is 3. The van der Waals surface area contributed by atoms with Crippen LogP contribution in [0.3, 0.4) is 0 Å². The lowest BCUT2D eigenvalue weighted by atomic mass is 9.97. The highest BCUT2D eigenvalue weighted by Crippen LogP contribution is 2.30. The predicted octanol–water partition coefficient (Wildman–Crippen LogP) is 4.64. The van der Waals surface area contributed by atoms with Crippen molar-refractivity contribution in [3.8, 4) is 5.75 Å². The largest absolute Gasteiger partial charge is 0.497 e. The van der Waals surface area contributed by atoms with Crippen LogP contribution < -0.4 is 9.46 Å². The molecule has 0 atom stereocenters. The lowest BCUT2D eigenvalue weighted by molar-refractivity contribution is 0.415. The lowest BCUT2D eigenvalue weighted by Gasteiger charge is -2.11. The van der Waals surface area contributed by atoms with Crippen LogP contribution in [0, 0.1) is 0 Å². The molecule has 1 heterocycles. The van der Waals surface area contributed by atoms with Crippen molar-refractivity contribution in [2.24, 2.45) is 0 Å². The molecule has 0 fully saturated rings. The highest BCUT2D eigenvalue weighted by Gasteiger charge is 2.19. The number of rotatable bonds is 4. The quantitative estimate of drug-likeness (QED) is 0.688. The molecule has 27 heavy (non-hydrogen) atoms. The van der Waals surface area contributed by atoms with Gasteiger partial charge in [0, 0.05) is 22.7 Å². The average molecular weight is 385 g/mol. The van der Waals surface area contributed by atoms with Crippen molar-refractivity contribution in [3.63, 3.8) is 0 Å². The van der Waals surface area contributed by atoms with E-state index in [2.05, 4.69) is 9.71 Å². The number of hydrogen-bond donors (Lipinski definition) is 2. The number of anilines is 1. The molecule has 0 unspecified atom stereocenters. The molecule has 2 aromatic carbocycles. The third kappa shape index (κ3) is 3.67. The summed E-state index contributed by atoms with van der Waals surface area (Å²) in [6.45, 7) is 0. The first-order valence-corrected chi connectivity index (χ1v) is 10.9. The number of aromatic nitrogens is 1. The van der Waals surface area contributed by atoms with Gasteiger partial charge in [0.15, 0.2) is 0 Å². The van der Waals surface area contributed by atoms with E-state index in [9.17, 15) is 8.42 Å². The number of aryl methyl sites for hydroxylation is 2. The zero-order valence-corrected chi connectivity index (χ0v) is 16.2. The summed E-state index contributed by atoms with van der Waals surface area (Å²) < 4.78 is 33.6. The maximum absolute atomic E-state index is 12.9. The minimum Gasteiger partial charge on any atom is -0.497 e. The van der Waals surface area contributed by atoms with Crippen LogP contribution in [-0.4, -0.2) is 20.5 Å². The molecular formula is C21H24N2O3S. The molecule has 3 aromatic rings. The van der Waals surface area contributed by atoms with Crippen LogP contribution >= 0.6 is 0 Å². The molecule has 5 nitrogen and oxygen atoms in total. The Morgan fingerprint density at radius 3 is 2.63 bits per heavy atom. The van der Waals surface area contributed by atoms with Gasteiger partial charge in [-0.1, -0.05) is 18.9 Å². The molecule has 0 saturated heterocycles. The number of aromatic amines is 1. The number of methoxy groups -OCH3 is 1. The Morgan fingerprint density at radius 2 is 1.81 bits per heavy atom. The van der Waals surface area contributed by atoms with Crippen molar-refractivity contribution in [1.82, 2.24) is 4.98 Å². The summed E-state index contributed by atoms with van der Waals surface area (Å²) in [6.07, 6.45) is 6.87. The summed E-state index contributed by atoms with van der Waals surface area (Å²) >= 11 is 0. The number of nitrogens with one attached hydrogen (secondary N) is 2. The smallest absolute Gasteiger partial charge is 0.261 e. The van der Waals surface area contributed by atoms with Crippen molar-refractivity contribution in [3.05, 3.63) is 53.7 Å². The fourth-order valence-electron chi connectivity index (χ4n) is 3.81. The van der Waals surface area contributed by atoms with Crippen molar-refractivity contribution < 1.29 is 13.2 Å². The topological polar surface area (TPSA) is 71.2 Å². The fraction of sp³-hybridized carbons (Fsp3) is 0.333. The first-order valence-electron chi connectivity index (χ1n) is 9.37. The minimum atomic E-state index is -3.67. The van der Waals surface area contributed by atoms with Gasteiger partial charge in [-0.3, -0.25) is 4.72 Å². The van der Waals surface area contributed by atoms with E-state index in [0.717, 1.165) is 30.2 Å². The van der Waals surface area contributed by atoms with Crippen molar-refractivity contribution >= 4 is 26.6 Å². The van der Waals surface area contributed by atoms with Gasteiger partial charge in [-0.2, -0.15) is 0 Å². The molecule has 0 radical (unpaired) electrons. The van der Waals surface area contributed by atoms with Crippen molar-refractivity contribution in [2.45, 2.75) is 43.4 Å². The SMILES string of the molecule is COc1cccc(NS(=O)(=O)c2ccc3[nH]c4c(c3c2)CCCCCC4)c1. The van der Waals surface area contributed by atoms with Crippen LogP contribution in [0.4, 0.5) is 5.69 Å². The maximum atomic E-state index is 12.9. The van der Waals surface area contributed by atoms with Gasteiger partial charge in [0.1, 0.15) is 5.75 Å². The molecule has 0 spiro atoms. The second-order valence-electron chi connectivity index (χ2n) is 7.04. The fourth-order valence-corrected chi connectivity index (χ4v) is 4.88. The molecule has 0 saturated carbocycles. The number of hydrogen-bond acceptors (Lipinski definition) is 3. The van der Waals surface area contributed by atoms with E-state index >= 15 is 0 Å². The molecule has 1 aliphatic rings. The van der Waals surface area contributed by atoms with Crippen LogP contribution in [0.1, 0.15) is 36.9 Å². The third-order valence-corrected chi connectivity index (χ3v) is 6.58. The van der Waals surface area contributed by atoms with Crippen LogP contribution in [0.15, 0.2) is 47.4 Å². The van der Waals surface area contributed by atoms with Crippen LogP contribution in [0.5, 0.6) is 5.75 Å². The molecule has 1 aliphatic carbocycles. The van der Waals surface area contributed by atoms with Crippen molar-refractivity contribution in [1.29, 1.82) is 0 Å². The van der Waals surface area contributed by atoms with E-state index in [1.54, 1.807) is 43.5 Å².